The molecule has 2 aromatic carbocycles. The van der Waals surface area contributed by atoms with E-state index in [1.165, 1.54) is 5.56 Å². The Morgan fingerprint density at radius 2 is 1.88 bits per heavy atom. The number of rotatable bonds is 8. The molecule has 2 N–H and O–H groups in total. The van der Waals surface area contributed by atoms with E-state index in [1.807, 2.05) is 38.1 Å². The number of ether oxygens (including phenoxy) is 1. The van der Waals surface area contributed by atoms with Crippen molar-refractivity contribution in [3.63, 3.8) is 0 Å². The molecule has 0 aliphatic rings. The van der Waals surface area contributed by atoms with Gasteiger partial charge in [-0.05, 0) is 43.5 Å². The molecule has 4 heteroatoms. The lowest BCUT2D eigenvalue weighted by Gasteiger charge is -2.15. The summed E-state index contributed by atoms with van der Waals surface area (Å²) in [6.45, 7) is 4.46. The van der Waals surface area contributed by atoms with E-state index in [0.717, 1.165) is 17.5 Å². The number of carbonyl (C=O) groups is 1. The van der Waals surface area contributed by atoms with Crippen LogP contribution in [0.4, 0.5) is 0 Å². The molecule has 0 saturated heterocycles. The van der Waals surface area contributed by atoms with Gasteiger partial charge in [0.05, 0.1) is 0 Å². The Bertz CT molecular complexity index is 652. The summed E-state index contributed by atoms with van der Waals surface area (Å²) in [5.41, 5.74) is 3.46. The molecule has 1 atom stereocenters. The lowest BCUT2D eigenvalue weighted by atomic mass is 9.99. The minimum atomic E-state index is -0.182. The van der Waals surface area contributed by atoms with Gasteiger partial charge in [0.25, 0.3) is 5.91 Å². The van der Waals surface area contributed by atoms with Crippen LogP contribution in [0.25, 0.3) is 0 Å². The molecule has 0 bridgehead atoms. The maximum absolute atomic E-state index is 11.9. The molecular formula is C20H25NO3. The van der Waals surface area contributed by atoms with E-state index in [4.69, 9.17) is 4.74 Å². The zero-order valence-electron chi connectivity index (χ0n) is 14.3. The average molecular weight is 327 g/mol. The van der Waals surface area contributed by atoms with E-state index in [2.05, 4.69) is 29.6 Å². The number of benzene rings is 2. The van der Waals surface area contributed by atoms with Crippen LogP contribution in [0, 0.1) is 19.8 Å². The van der Waals surface area contributed by atoms with Gasteiger partial charge >= 0.3 is 0 Å². The SMILES string of the molecule is Cc1ccc(C[C@@H](CO)CNC(=O)COc2cccc(C)c2)cc1. The number of aliphatic hydroxyl groups excluding tert-OH is 1. The van der Waals surface area contributed by atoms with Crippen molar-refractivity contribution in [2.24, 2.45) is 5.92 Å². The summed E-state index contributed by atoms with van der Waals surface area (Å²) in [5, 5.41) is 12.3. The summed E-state index contributed by atoms with van der Waals surface area (Å²) >= 11 is 0. The lowest BCUT2D eigenvalue weighted by Crippen LogP contribution is -2.35. The number of hydrogen-bond acceptors (Lipinski definition) is 3. The first-order valence-corrected chi connectivity index (χ1v) is 8.19. The normalized spacial score (nSPS) is 11.8. The lowest BCUT2D eigenvalue weighted by molar-refractivity contribution is -0.123. The molecule has 0 aromatic heterocycles. The largest absolute Gasteiger partial charge is 0.484 e. The molecule has 0 fully saturated rings. The number of hydrogen-bond donors (Lipinski definition) is 2. The third kappa shape index (κ3) is 6.05. The zero-order valence-corrected chi connectivity index (χ0v) is 14.3. The van der Waals surface area contributed by atoms with Gasteiger partial charge in [0.1, 0.15) is 5.75 Å². The van der Waals surface area contributed by atoms with Crippen LogP contribution in [-0.2, 0) is 11.2 Å². The van der Waals surface area contributed by atoms with Gasteiger partial charge in [-0.25, -0.2) is 0 Å². The fourth-order valence-corrected chi connectivity index (χ4v) is 2.42. The molecule has 0 aliphatic carbocycles. The molecule has 2 rings (SSSR count). The summed E-state index contributed by atoms with van der Waals surface area (Å²) < 4.78 is 5.47. The molecule has 0 aliphatic heterocycles. The standard InChI is InChI=1S/C20H25NO3/c1-15-6-8-17(9-7-15)11-18(13-22)12-21-20(23)14-24-19-5-3-4-16(2)10-19/h3-10,18,22H,11-14H2,1-2H3,(H,21,23)/t18-/m1/s1. The van der Waals surface area contributed by atoms with E-state index < -0.39 is 0 Å². The van der Waals surface area contributed by atoms with Gasteiger partial charge in [-0.1, -0.05) is 42.0 Å². The van der Waals surface area contributed by atoms with Crippen molar-refractivity contribution in [2.45, 2.75) is 20.3 Å². The first-order valence-electron chi connectivity index (χ1n) is 8.19. The topological polar surface area (TPSA) is 58.6 Å². The van der Waals surface area contributed by atoms with Crippen LogP contribution in [0.5, 0.6) is 5.75 Å². The van der Waals surface area contributed by atoms with Crippen molar-refractivity contribution >= 4 is 5.91 Å². The highest BCUT2D eigenvalue weighted by atomic mass is 16.5. The minimum Gasteiger partial charge on any atom is -0.484 e. The number of amides is 1. The first kappa shape index (κ1) is 18.0. The smallest absolute Gasteiger partial charge is 0.257 e. The number of nitrogens with one attached hydrogen (secondary N) is 1. The van der Waals surface area contributed by atoms with Gasteiger partial charge in [0, 0.05) is 19.1 Å². The monoisotopic (exact) mass is 327 g/mol. The third-order valence-electron chi connectivity index (χ3n) is 3.85. The molecule has 24 heavy (non-hydrogen) atoms. The molecule has 2 aromatic rings. The minimum absolute atomic E-state index is 0.00405. The molecule has 0 radical (unpaired) electrons. The van der Waals surface area contributed by atoms with Crippen molar-refractivity contribution in [3.8, 4) is 5.75 Å². The van der Waals surface area contributed by atoms with Crippen LogP contribution < -0.4 is 10.1 Å². The highest BCUT2D eigenvalue weighted by Gasteiger charge is 2.11. The molecule has 1 amide bonds. The average Bonchev–Trinajstić information content (AvgIpc) is 2.58. The molecular weight excluding hydrogens is 302 g/mol. The van der Waals surface area contributed by atoms with Crippen LogP contribution in [0.1, 0.15) is 16.7 Å². The predicted octanol–water partition coefficient (Wildman–Crippen LogP) is 2.65. The van der Waals surface area contributed by atoms with Crippen molar-refractivity contribution < 1.29 is 14.6 Å². The Morgan fingerprint density at radius 3 is 2.54 bits per heavy atom. The fraction of sp³-hybridized carbons (Fsp3) is 0.350. The van der Waals surface area contributed by atoms with Gasteiger partial charge in [-0.15, -0.1) is 0 Å². The highest BCUT2D eigenvalue weighted by Crippen LogP contribution is 2.12. The van der Waals surface area contributed by atoms with Gasteiger partial charge in [0.15, 0.2) is 6.61 Å². The van der Waals surface area contributed by atoms with Gasteiger partial charge in [-0.2, -0.15) is 0 Å². The molecule has 0 saturated carbocycles. The summed E-state index contributed by atoms with van der Waals surface area (Å²) in [6, 6.07) is 15.8. The number of carbonyl (C=O) groups excluding carboxylic acids is 1. The van der Waals surface area contributed by atoms with E-state index in [-0.39, 0.29) is 25.0 Å². The quantitative estimate of drug-likeness (QED) is 0.784. The Balaban J connectivity index is 1.75. The summed E-state index contributed by atoms with van der Waals surface area (Å²) in [5.74, 6) is 0.498. The van der Waals surface area contributed by atoms with Crippen molar-refractivity contribution in [1.29, 1.82) is 0 Å². The van der Waals surface area contributed by atoms with Crippen LogP contribution in [0.2, 0.25) is 0 Å². The van der Waals surface area contributed by atoms with Gasteiger partial charge in [-0.3, -0.25) is 4.79 Å². The van der Waals surface area contributed by atoms with Crippen LogP contribution in [0.15, 0.2) is 48.5 Å². The molecule has 0 unspecified atom stereocenters. The van der Waals surface area contributed by atoms with Gasteiger partial charge in [0.2, 0.25) is 0 Å². The molecule has 0 heterocycles. The Morgan fingerprint density at radius 1 is 1.12 bits per heavy atom. The molecule has 0 spiro atoms. The second-order valence-corrected chi connectivity index (χ2v) is 6.15. The second-order valence-electron chi connectivity index (χ2n) is 6.15. The first-order chi connectivity index (χ1) is 11.6. The van der Waals surface area contributed by atoms with Gasteiger partial charge < -0.3 is 15.2 Å². The Labute approximate surface area is 143 Å². The molecule has 128 valence electrons. The highest BCUT2D eigenvalue weighted by molar-refractivity contribution is 5.77. The number of aliphatic hydroxyl groups is 1. The maximum atomic E-state index is 11.9. The van der Waals surface area contributed by atoms with Crippen molar-refractivity contribution in [3.05, 3.63) is 65.2 Å². The summed E-state index contributed by atoms with van der Waals surface area (Å²) in [6.07, 6.45) is 0.732. The van der Waals surface area contributed by atoms with E-state index in [9.17, 15) is 9.90 Å². The van der Waals surface area contributed by atoms with Crippen LogP contribution >= 0.6 is 0 Å². The Kier molecular flexibility index (Phi) is 6.82. The van der Waals surface area contributed by atoms with Crippen LogP contribution in [-0.4, -0.2) is 30.8 Å². The summed E-state index contributed by atoms with van der Waals surface area (Å²) in [4.78, 5) is 11.9. The zero-order chi connectivity index (χ0) is 17.4. The van der Waals surface area contributed by atoms with Crippen LogP contribution in [0.3, 0.4) is 0 Å². The number of aryl methyl sites for hydroxylation is 2. The van der Waals surface area contributed by atoms with E-state index in [1.54, 1.807) is 0 Å². The van der Waals surface area contributed by atoms with E-state index >= 15 is 0 Å². The summed E-state index contributed by atoms with van der Waals surface area (Å²) in [7, 11) is 0. The second kappa shape index (κ2) is 9.08. The maximum Gasteiger partial charge on any atom is 0.257 e. The van der Waals surface area contributed by atoms with E-state index in [0.29, 0.717) is 12.3 Å². The van der Waals surface area contributed by atoms with Crippen molar-refractivity contribution in [2.75, 3.05) is 19.8 Å². The predicted molar refractivity (Wildman–Crippen MR) is 95.1 cm³/mol. The third-order valence-corrected chi connectivity index (χ3v) is 3.85. The van der Waals surface area contributed by atoms with Crippen molar-refractivity contribution in [1.82, 2.24) is 5.32 Å². The fourth-order valence-electron chi connectivity index (χ4n) is 2.42. The Hall–Kier alpha value is -2.33. The molecule has 4 nitrogen and oxygen atoms in total.